The normalized spacial score (nSPS) is 10.2. The van der Waals surface area contributed by atoms with Gasteiger partial charge in [0.2, 0.25) is 0 Å². The van der Waals surface area contributed by atoms with E-state index in [9.17, 15) is 9.59 Å². The standard InChI is InChI=1S/C20H21N5O2/c26-19(17-7-3-1-4-8-17)21-11-12-22-20(27)23-13-16-14-24-25(15-16)18-9-5-2-6-10-18/h1-10,14-15H,11-13H2,(H,21,26)(H2,22,23,27). The number of nitrogens with zero attached hydrogens (tertiary/aromatic N) is 2. The summed E-state index contributed by atoms with van der Waals surface area (Å²) in [5, 5.41) is 12.5. The van der Waals surface area contributed by atoms with Crippen LogP contribution in [0.1, 0.15) is 15.9 Å². The number of nitrogens with one attached hydrogen (secondary N) is 3. The zero-order valence-electron chi connectivity index (χ0n) is 14.8. The van der Waals surface area contributed by atoms with Crippen LogP contribution in [0.25, 0.3) is 5.69 Å². The average Bonchev–Trinajstić information content (AvgIpc) is 3.20. The summed E-state index contributed by atoms with van der Waals surface area (Å²) >= 11 is 0. The van der Waals surface area contributed by atoms with Crippen LogP contribution >= 0.6 is 0 Å². The van der Waals surface area contributed by atoms with E-state index in [1.165, 1.54) is 0 Å². The second kappa shape index (κ2) is 9.19. The third kappa shape index (κ3) is 5.43. The Balaban J connectivity index is 1.35. The van der Waals surface area contributed by atoms with Crippen LogP contribution in [0.2, 0.25) is 0 Å². The van der Waals surface area contributed by atoms with Crippen molar-refractivity contribution >= 4 is 11.9 Å². The van der Waals surface area contributed by atoms with Crippen LogP contribution in [0.15, 0.2) is 73.1 Å². The number of hydrogen-bond donors (Lipinski definition) is 3. The largest absolute Gasteiger partial charge is 0.350 e. The molecule has 3 aromatic rings. The topological polar surface area (TPSA) is 88.1 Å². The Bertz CT molecular complexity index is 878. The first-order valence-electron chi connectivity index (χ1n) is 8.66. The number of amides is 3. The fourth-order valence-corrected chi connectivity index (χ4v) is 2.46. The Labute approximate surface area is 157 Å². The Morgan fingerprint density at radius 1 is 0.852 bits per heavy atom. The zero-order valence-corrected chi connectivity index (χ0v) is 14.8. The number of carbonyl (C=O) groups is 2. The van der Waals surface area contributed by atoms with E-state index in [4.69, 9.17) is 0 Å². The van der Waals surface area contributed by atoms with Crippen molar-refractivity contribution < 1.29 is 9.59 Å². The van der Waals surface area contributed by atoms with E-state index < -0.39 is 0 Å². The van der Waals surface area contributed by atoms with Crippen LogP contribution in [0.3, 0.4) is 0 Å². The first kappa shape index (κ1) is 18.2. The molecule has 0 radical (unpaired) electrons. The highest BCUT2D eigenvalue weighted by Gasteiger charge is 2.05. The van der Waals surface area contributed by atoms with Gasteiger partial charge in [0.1, 0.15) is 0 Å². The van der Waals surface area contributed by atoms with Gasteiger partial charge < -0.3 is 16.0 Å². The first-order valence-corrected chi connectivity index (χ1v) is 8.66. The van der Waals surface area contributed by atoms with Gasteiger partial charge in [-0.15, -0.1) is 0 Å². The number of hydrogen-bond acceptors (Lipinski definition) is 3. The van der Waals surface area contributed by atoms with Crippen molar-refractivity contribution in [3.63, 3.8) is 0 Å². The summed E-state index contributed by atoms with van der Waals surface area (Å²) < 4.78 is 1.76. The monoisotopic (exact) mass is 363 g/mol. The summed E-state index contributed by atoms with van der Waals surface area (Å²) in [6, 6.07) is 18.4. The number of benzene rings is 2. The molecule has 3 rings (SSSR count). The van der Waals surface area contributed by atoms with Crippen LogP contribution in [0.4, 0.5) is 4.79 Å². The highest BCUT2D eigenvalue weighted by molar-refractivity contribution is 5.94. The molecule has 138 valence electrons. The Kier molecular flexibility index (Phi) is 6.19. The molecule has 1 aromatic heterocycles. The maximum absolute atomic E-state index is 11.9. The van der Waals surface area contributed by atoms with Gasteiger partial charge in [-0.1, -0.05) is 36.4 Å². The number of urea groups is 1. The second-order valence-corrected chi connectivity index (χ2v) is 5.86. The van der Waals surface area contributed by atoms with E-state index in [2.05, 4.69) is 21.0 Å². The smallest absolute Gasteiger partial charge is 0.315 e. The van der Waals surface area contributed by atoms with Crippen LogP contribution in [0, 0.1) is 0 Å². The highest BCUT2D eigenvalue weighted by Crippen LogP contribution is 2.07. The predicted octanol–water partition coefficient (Wildman–Crippen LogP) is 2.10. The van der Waals surface area contributed by atoms with Gasteiger partial charge >= 0.3 is 6.03 Å². The van der Waals surface area contributed by atoms with Crippen LogP contribution in [-0.4, -0.2) is 34.8 Å². The molecule has 1 heterocycles. The molecule has 2 aromatic carbocycles. The molecule has 0 aliphatic heterocycles. The fraction of sp³-hybridized carbons (Fsp3) is 0.150. The number of para-hydroxylation sites is 1. The summed E-state index contributed by atoms with van der Waals surface area (Å²) in [5.74, 6) is -0.161. The lowest BCUT2D eigenvalue weighted by molar-refractivity contribution is 0.0954. The molecule has 0 aliphatic carbocycles. The molecule has 0 fully saturated rings. The van der Waals surface area contributed by atoms with Gasteiger partial charge in [0.25, 0.3) is 5.91 Å². The van der Waals surface area contributed by atoms with Gasteiger partial charge in [0, 0.05) is 37.0 Å². The average molecular weight is 363 g/mol. The van der Waals surface area contributed by atoms with E-state index in [0.29, 0.717) is 25.2 Å². The van der Waals surface area contributed by atoms with Gasteiger partial charge in [0.05, 0.1) is 11.9 Å². The van der Waals surface area contributed by atoms with E-state index >= 15 is 0 Å². The molecular formula is C20H21N5O2. The summed E-state index contributed by atoms with van der Waals surface area (Å²) in [5.41, 5.74) is 2.45. The molecule has 0 unspecified atom stereocenters. The summed E-state index contributed by atoms with van der Waals surface area (Å²) in [6.07, 6.45) is 3.59. The van der Waals surface area contributed by atoms with E-state index in [1.807, 2.05) is 42.6 Å². The highest BCUT2D eigenvalue weighted by atomic mass is 16.2. The van der Waals surface area contributed by atoms with Crippen molar-refractivity contribution in [2.24, 2.45) is 0 Å². The molecule has 7 heteroatoms. The van der Waals surface area contributed by atoms with Crippen molar-refractivity contribution in [3.05, 3.63) is 84.2 Å². The SMILES string of the molecule is O=C(NCCNC(=O)c1ccccc1)NCc1cnn(-c2ccccc2)c1. The van der Waals surface area contributed by atoms with E-state index in [0.717, 1.165) is 11.3 Å². The van der Waals surface area contributed by atoms with Gasteiger partial charge in [-0.2, -0.15) is 5.10 Å². The van der Waals surface area contributed by atoms with E-state index in [1.54, 1.807) is 35.1 Å². The minimum absolute atomic E-state index is 0.161. The van der Waals surface area contributed by atoms with Crippen molar-refractivity contribution in [1.29, 1.82) is 0 Å². The lowest BCUT2D eigenvalue weighted by Crippen LogP contribution is -2.40. The number of aromatic nitrogens is 2. The summed E-state index contributed by atoms with van der Waals surface area (Å²) in [4.78, 5) is 23.7. The summed E-state index contributed by atoms with van der Waals surface area (Å²) in [6.45, 7) is 1.07. The molecule has 0 spiro atoms. The lowest BCUT2D eigenvalue weighted by atomic mass is 10.2. The van der Waals surface area contributed by atoms with Crippen molar-refractivity contribution in [3.8, 4) is 5.69 Å². The molecule has 0 atom stereocenters. The minimum Gasteiger partial charge on any atom is -0.350 e. The quantitative estimate of drug-likeness (QED) is 0.562. The molecule has 27 heavy (non-hydrogen) atoms. The fourth-order valence-electron chi connectivity index (χ4n) is 2.46. The van der Waals surface area contributed by atoms with Crippen molar-refractivity contribution in [2.45, 2.75) is 6.54 Å². The minimum atomic E-state index is -0.295. The molecule has 0 bridgehead atoms. The molecular weight excluding hydrogens is 342 g/mol. The third-order valence-electron chi connectivity index (χ3n) is 3.84. The van der Waals surface area contributed by atoms with Crippen LogP contribution in [0.5, 0.6) is 0 Å². The Morgan fingerprint density at radius 3 is 2.26 bits per heavy atom. The third-order valence-corrected chi connectivity index (χ3v) is 3.84. The molecule has 0 aliphatic rings. The van der Waals surface area contributed by atoms with Crippen molar-refractivity contribution in [1.82, 2.24) is 25.7 Å². The lowest BCUT2D eigenvalue weighted by Gasteiger charge is -2.08. The molecule has 0 saturated carbocycles. The van der Waals surface area contributed by atoms with Gasteiger partial charge in [0.15, 0.2) is 0 Å². The van der Waals surface area contributed by atoms with Crippen LogP contribution < -0.4 is 16.0 Å². The molecule has 7 nitrogen and oxygen atoms in total. The predicted molar refractivity (Wildman–Crippen MR) is 103 cm³/mol. The van der Waals surface area contributed by atoms with Crippen molar-refractivity contribution in [2.75, 3.05) is 13.1 Å². The Morgan fingerprint density at radius 2 is 1.52 bits per heavy atom. The molecule has 3 amide bonds. The maximum atomic E-state index is 11.9. The first-order chi connectivity index (χ1) is 13.2. The summed E-state index contributed by atoms with van der Waals surface area (Å²) in [7, 11) is 0. The van der Waals surface area contributed by atoms with Gasteiger partial charge in [-0.05, 0) is 24.3 Å². The van der Waals surface area contributed by atoms with E-state index in [-0.39, 0.29) is 11.9 Å². The number of carbonyl (C=O) groups excluding carboxylic acids is 2. The van der Waals surface area contributed by atoms with Crippen LogP contribution in [-0.2, 0) is 6.54 Å². The Hall–Kier alpha value is -3.61. The molecule has 3 N–H and O–H groups in total. The van der Waals surface area contributed by atoms with Gasteiger partial charge in [-0.25, -0.2) is 9.48 Å². The maximum Gasteiger partial charge on any atom is 0.315 e. The molecule has 0 saturated heterocycles. The zero-order chi connectivity index (χ0) is 18.9. The number of rotatable bonds is 7. The van der Waals surface area contributed by atoms with Gasteiger partial charge in [-0.3, -0.25) is 4.79 Å². The second-order valence-electron chi connectivity index (χ2n) is 5.86.